The summed E-state index contributed by atoms with van der Waals surface area (Å²) in [6, 6.07) is 0. The van der Waals surface area contributed by atoms with Gasteiger partial charge in [-0.2, -0.15) is 0 Å². The van der Waals surface area contributed by atoms with Crippen molar-refractivity contribution < 1.29 is 21.7 Å². The molecule has 30 heavy (non-hydrogen) atoms. The molecule has 0 unspecified atom stereocenters. The smallest absolute Gasteiger partial charge is 0.0425 e. The van der Waals surface area contributed by atoms with E-state index in [1.807, 2.05) is 0 Å². The second-order valence-corrected chi connectivity index (χ2v) is 15.3. The third-order valence-electron chi connectivity index (χ3n) is 6.41. The van der Waals surface area contributed by atoms with Gasteiger partial charge in [0.05, 0.1) is 0 Å². The molecule has 0 saturated carbocycles. The van der Waals surface area contributed by atoms with Gasteiger partial charge in [0.1, 0.15) is 0 Å². The van der Waals surface area contributed by atoms with Gasteiger partial charge in [-0.1, -0.05) is 119 Å². The Morgan fingerprint density at radius 1 is 0.833 bits per heavy atom. The van der Waals surface area contributed by atoms with Gasteiger partial charge in [0.15, 0.2) is 0 Å². The Morgan fingerprint density at radius 3 is 1.43 bits per heavy atom. The van der Waals surface area contributed by atoms with Crippen LogP contribution in [-0.2, 0) is 21.7 Å². The molecule has 1 rings (SSSR count). The molecule has 0 saturated heterocycles. The molecular weight excluding hydrogens is 417 g/mol. The summed E-state index contributed by atoms with van der Waals surface area (Å²) in [5.74, 6) is 0. The maximum absolute atomic E-state index is 5.79. The molecule has 0 radical (unpaired) electrons. The van der Waals surface area contributed by atoms with Crippen LogP contribution >= 0.6 is 7.05 Å². The van der Waals surface area contributed by atoms with Crippen LogP contribution in [0.15, 0.2) is 54.0 Å². The second kappa shape index (κ2) is 14.1. The molecule has 0 aromatic carbocycles. The van der Waals surface area contributed by atoms with Crippen LogP contribution in [0.2, 0.25) is 0 Å². The van der Waals surface area contributed by atoms with E-state index in [-0.39, 0.29) is 37.2 Å². The molecule has 3 heteroatoms. The molecule has 0 bridgehead atoms. The third kappa shape index (κ3) is 7.50. The molecule has 0 aromatic rings. The van der Waals surface area contributed by atoms with Crippen molar-refractivity contribution in [2.75, 3.05) is 0 Å². The number of hydrogen-bond donors (Lipinski definition) is 0. The van der Waals surface area contributed by atoms with Crippen molar-refractivity contribution in [3.05, 3.63) is 49.2 Å². The number of nitrogens with zero attached hydrogens (tertiary/aromatic N) is 1. The zero-order valence-electron chi connectivity index (χ0n) is 21.6. The second-order valence-electron chi connectivity index (χ2n) is 10.2. The summed E-state index contributed by atoms with van der Waals surface area (Å²) in [6.07, 6.45) is 18.6. The van der Waals surface area contributed by atoms with Crippen LogP contribution in [0.5, 0.6) is 0 Å². The molecule has 1 nitrogen and oxygen atoms in total. The van der Waals surface area contributed by atoms with Crippen molar-refractivity contribution in [3.8, 4) is 0 Å². The minimum absolute atomic E-state index is 0. The largest absolute Gasteiger partial charge is 0.270 e. The molecule has 0 aliphatic heterocycles. The van der Waals surface area contributed by atoms with Crippen LogP contribution in [0.4, 0.5) is 0 Å². The van der Waals surface area contributed by atoms with E-state index in [2.05, 4.69) is 93.7 Å². The Labute approximate surface area is 204 Å². The van der Waals surface area contributed by atoms with Gasteiger partial charge in [0.2, 0.25) is 0 Å². The maximum atomic E-state index is 5.79. The Morgan fingerprint density at radius 2 is 1.20 bits per heavy atom. The summed E-state index contributed by atoms with van der Waals surface area (Å²) < 4.78 is 5.79. The van der Waals surface area contributed by atoms with E-state index in [9.17, 15) is 0 Å². The van der Waals surface area contributed by atoms with Crippen molar-refractivity contribution >= 4 is 7.05 Å². The van der Waals surface area contributed by atoms with E-state index < -0.39 is 7.05 Å². The fraction of sp³-hybridized carbons (Fsp3) is 0.704. The summed E-state index contributed by atoms with van der Waals surface area (Å²) in [4.78, 5) is 0. The van der Waals surface area contributed by atoms with E-state index in [0.29, 0.717) is 0 Å². The molecule has 0 atom stereocenters. The van der Waals surface area contributed by atoms with Gasteiger partial charge in [-0.05, 0) is 32.4 Å². The number of rotatable bonds is 11. The van der Waals surface area contributed by atoms with E-state index >= 15 is 0 Å². The Kier molecular flexibility index (Phi) is 15.1. The predicted molar refractivity (Wildman–Crippen MR) is 139 cm³/mol. The first-order chi connectivity index (χ1) is 13.4. The zero-order valence-corrected chi connectivity index (χ0v) is 24.1. The summed E-state index contributed by atoms with van der Waals surface area (Å²) >= 11 is 0. The normalized spacial score (nSPS) is 14.2. The summed E-state index contributed by atoms with van der Waals surface area (Å²) in [5, 5.41) is 0.799. The molecule has 0 aromatic heterocycles. The molecule has 0 amide bonds. The molecule has 0 spiro atoms. The van der Waals surface area contributed by atoms with Crippen LogP contribution < -0.4 is 0 Å². The fourth-order valence-electron chi connectivity index (χ4n) is 5.89. The maximum Gasteiger partial charge on any atom is 0.0425 e. The average Bonchev–Trinajstić information content (AvgIpc) is 3.12. The van der Waals surface area contributed by atoms with Crippen molar-refractivity contribution in [3.63, 3.8) is 0 Å². The Balaban J connectivity index is 0. The number of hydrogen-bond acceptors (Lipinski definition) is 1. The predicted octanol–water partition coefficient (Wildman–Crippen LogP) is 10.1. The van der Waals surface area contributed by atoms with E-state index in [1.165, 1.54) is 44.2 Å². The Bertz CT molecular complexity index is 577. The molecule has 0 fully saturated rings. The van der Waals surface area contributed by atoms with Crippen LogP contribution in [-0.4, -0.2) is 15.5 Å². The standard InChI is InChI=1S/C23H44NP.C4H6.Ti/c1-10-17-21(4,5)25(22(6,7)18-11-2,23(8,9)19-12-3)24-20-15-13-14-16-20;1-3-4-2;/h13-15H,10-12,16-19H2,1-9H3;3-4H,1-2H2;. The summed E-state index contributed by atoms with van der Waals surface area (Å²) in [5.41, 5.74) is 1.32. The molecule has 0 N–H and O–H groups in total. The molecular formula is C27H50NPTi. The minimum Gasteiger partial charge on any atom is -0.270 e. The molecule has 1 aliphatic rings. The van der Waals surface area contributed by atoms with Crippen LogP contribution in [0.25, 0.3) is 0 Å². The topological polar surface area (TPSA) is 12.4 Å². The van der Waals surface area contributed by atoms with Gasteiger partial charge in [0, 0.05) is 49.3 Å². The molecule has 172 valence electrons. The van der Waals surface area contributed by atoms with E-state index in [1.54, 1.807) is 12.2 Å². The third-order valence-corrected chi connectivity index (χ3v) is 12.9. The fourth-order valence-corrected chi connectivity index (χ4v) is 13.8. The van der Waals surface area contributed by atoms with E-state index in [0.717, 1.165) is 6.42 Å². The monoisotopic (exact) mass is 467 g/mol. The van der Waals surface area contributed by atoms with Gasteiger partial charge < -0.3 is 0 Å². The van der Waals surface area contributed by atoms with Gasteiger partial charge in [-0.3, -0.25) is 4.74 Å². The minimum atomic E-state index is -1.69. The van der Waals surface area contributed by atoms with Crippen molar-refractivity contribution in [1.82, 2.24) is 0 Å². The van der Waals surface area contributed by atoms with Crippen molar-refractivity contribution in [1.29, 1.82) is 0 Å². The van der Waals surface area contributed by atoms with Crippen LogP contribution in [0.3, 0.4) is 0 Å². The van der Waals surface area contributed by atoms with Gasteiger partial charge >= 0.3 is 0 Å². The van der Waals surface area contributed by atoms with Gasteiger partial charge in [0.25, 0.3) is 0 Å². The SMILES string of the molecule is C=CC=C.CCCC(C)(C)P(=NC1=CC=CC1)(C(C)(C)CCC)C(C)(C)CCC.[Ti]. The first-order valence-electron chi connectivity index (χ1n) is 11.6. The summed E-state index contributed by atoms with van der Waals surface area (Å²) in [6.45, 7) is 28.9. The number of allylic oxidation sites excluding steroid dienone is 5. The quantitative estimate of drug-likeness (QED) is 0.163. The first-order valence-corrected chi connectivity index (χ1v) is 13.4. The first kappa shape index (κ1) is 32.1. The van der Waals surface area contributed by atoms with Crippen molar-refractivity contribution in [2.45, 2.75) is 123 Å². The van der Waals surface area contributed by atoms with Crippen LogP contribution in [0, 0.1) is 0 Å². The average molecular weight is 468 g/mol. The summed E-state index contributed by atoms with van der Waals surface area (Å²) in [7, 11) is -1.69. The van der Waals surface area contributed by atoms with Gasteiger partial charge in [-0.25, -0.2) is 0 Å². The van der Waals surface area contributed by atoms with Gasteiger partial charge in [-0.15, -0.1) is 0 Å². The van der Waals surface area contributed by atoms with Crippen LogP contribution in [0.1, 0.15) is 107 Å². The molecule has 1 aliphatic carbocycles. The van der Waals surface area contributed by atoms with Crippen molar-refractivity contribution in [2.24, 2.45) is 4.74 Å². The Hall–Kier alpha value is -0.0957. The van der Waals surface area contributed by atoms with E-state index in [4.69, 9.17) is 4.74 Å². The molecule has 0 heterocycles. The zero-order chi connectivity index (χ0) is 22.8.